The van der Waals surface area contributed by atoms with Crippen LogP contribution in [-0.2, 0) is 6.54 Å². The molecule has 3 aromatic heterocycles. The number of aromatic nitrogens is 6. The van der Waals surface area contributed by atoms with Crippen molar-refractivity contribution in [2.24, 2.45) is 0 Å². The SMILES string of the molecule is CCn1c(=O)c(-c2ccc(-c3cn[nH]n3)cc2Cl)cc2cnc(Nc3ccc(N4CCN(C)CC4)cc3)nc21. The van der Waals surface area contributed by atoms with Crippen LogP contribution in [0.4, 0.5) is 17.3 Å². The number of benzene rings is 2. The normalized spacial score (nSPS) is 14.2. The smallest absolute Gasteiger partial charge is 0.260 e. The van der Waals surface area contributed by atoms with E-state index in [1.165, 1.54) is 5.69 Å². The summed E-state index contributed by atoms with van der Waals surface area (Å²) in [6.07, 6.45) is 3.35. The van der Waals surface area contributed by atoms with Gasteiger partial charge in [-0.2, -0.15) is 20.4 Å². The lowest BCUT2D eigenvalue weighted by molar-refractivity contribution is 0.313. The molecule has 0 unspecified atom stereocenters. The minimum Gasteiger partial charge on any atom is -0.369 e. The quantitative estimate of drug-likeness (QED) is 0.325. The molecule has 1 saturated heterocycles. The molecule has 0 atom stereocenters. The van der Waals surface area contributed by atoms with Crippen LogP contribution in [0, 0.1) is 0 Å². The Kier molecular flexibility index (Phi) is 6.72. The summed E-state index contributed by atoms with van der Waals surface area (Å²) in [7, 11) is 2.15. The van der Waals surface area contributed by atoms with E-state index < -0.39 is 0 Å². The van der Waals surface area contributed by atoms with Crippen LogP contribution >= 0.6 is 11.6 Å². The van der Waals surface area contributed by atoms with E-state index in [0.717, 1.165) is 42.8 Å². The first-order chi connectivity index (χ1) is 19.0. The predicted molar refractivity (Wildman–Crippen MR) is 155 cm³/mol. The van der Waals surface area contributed by atoms with Crippen LogP contribution in [0.1, 0.15) is 6.92 Å². The number of pyridine rings is 1. The monoisotopic (exact) mass is 541 g/mol. The number of H-pyrrole nitrogens is 1. The molecule has 1 fully saturated rings. The molecule has 1 aliphatic rings. The highest BCUT2D eigenvalue weighted by molar-refractivity contribution is 6.33. The first-order valence-corrected chi connectivity index (χ1v) is 13.2. The van der Waals surface area contributed by atoms with E-state index >= 15 is 0 Å². The van der Waals surface area contributed by atoms with Gasteiger partial charge in [-0.1, -0.05) is 23.7 Å². The first kappa shape index (κ1) is 25.0. The van der Waals surface area contributed by atoms with E-state index in [1.807, 2.05) is 31.2 Å². The number of hydrogen-bond acceptors (Lipinski definition) is 8. The van der Waals surface area contributed by atoms with Crippen molar-refractivity contribution in [1.82, 2.24) is 34.8 Å². The fraction of sp³-hybridized carbons (Fsp3) is 0.250. The lowest BCUT2D eigenvalue weighted by Crippen LogP contribution is -2.44. The van der Waals surface area contributed by atoms with E-state index in [0.29, 0.717) is 40.0 Å². The highest BCUT2D eigenvalue weighted by atomic mass is 35.5. The van der Waals surface area contributed by atoms with Gasteiger partial charge in [0.05, 0.1) is 6.20 Å². The zero-order valence-corrected chi connectivity index (χ0v) is 22.5. The van der Waals surface area contributed by atoms with Crippen LogP contribution in [0.5, 0.6) is 0 Å². The molecule has 0 aliphatic carbocycles. The highest BCUT2D eigenvalue weighted by Gasteiger charge is 2.17. The number of nitrogens with one attached hydrogen (secondary N) is 2. The lowest BCUT2D eigenvalue weighted by Gasteiger charge is -2.34. The summed E-state index contributed by atoms with van der Waals surface area (Å²) >= 11 is 6.63. The van der Waals surface area contributed by atoms with Gasteiger partial charge in [-0.3, -0.25) is 9.36 Å². The third kappa shape index (κ3) is 4.96. The number of nitrogens with zero attached hydrogens (tertiary/aromatic N) is 7. The molecule has 2 aromatic carbocycles. The van der Waals surface area contributed by atoms with E-state index in [1.54, 1.807) is 29.1 Å². The summed E-state index contributed by atoms with van der Waals surface area (Å²) in [6, 6.07) is 15.6. The Labute approximate surface area is 230 Å². The third-order valence-corrected chi connectivity index (χ3v) is 7.42. The van der Waals surface area contributed by atoms with Crippen LogP contribution < -0.4 is 15.8 Å². The molecular weight excluding hydrogens is 514 g/mol. The summed E-state index contributed by atoms with van der Waals surface area (Å²) < 4.78 is 1.65. The maximum Gasteiger partial charge on any atom is 0.260 e. The van der Waals surface area contributed by atoms with Gasteiger partial charge >= 0.3 is 0 Å². The van der Waals surface area contributed by atoms with Crippen LogP contribution in [0.3, 0.4) is 0 Å². The Morgan fingerprint density at radius 1 is 1.00 bits per heavy atom. The van der Waals surface area contributed by atoms with Crippen LogP contribution in [-0.4, -0.2) is 68.1 Å². The number of aryl methyl sites for hydroxylation is 1. The molecule has 4 heterocycles. The van der Waals surface area contributed by atoms with Crippen molar-refractivity contribution in [1.29, 1.82) is 0 Å². The Bertz CT molecular complexity index is 1670. The van der Waals surface area contributed by atoms with E-state index in [4.69, 9.17) is 16.6 Å². The van der Waals surface area contributed by atoms with Crippen LogP contribution in [0.25, 0.3) is 33.4 Å². The number of piperazine rings is 1. The third-order valence-electron chi connectivity index (χ3n) is 7.11. The second kappa shape index (κ2) is 10.5. The van der Waals surface area contributed by atoms with Gasteiger partial charge < -0.3 is 15.1 Å². The summed E-state index contributed by atoms with van der Waals surface area (Å²) in [5.41, 5.74) is 5.10. The molecule has 0 bridgehead atoms. The molecule has 2 N–H and O–H groups in total. The molecule has 0 radical (unpaired) electrons. The standard InChI is InChI=1S/C28H28ClN9O/c1-3-38-26-19(14-23(27(38)39)22-9-4-18(15-24(22)29)25-17-31-35-34-25)16-30-28(33-26)32-20-5-7-21(8-6-20)37-12-10-36(2)11-13-37/h4-9,14-17H,3,10-13H2,1-2H3,(H,30,32,33)(H,31,34,35). The van der Waals surface area contributed by atoms with Crippen molar-refractivity contribution in [3.63, 3.8) is 0 Å². The highest BCUT2D eigenvalue weighted by Crippen LogP contribution is 2.31. The second-order valence-electron chi connectivity index (χ2n) is 9.59. The van der Waals surface area contributed by atoms with E-state index in [2.05, 4.69) is 54.7 Å². The fourth-order valence-corrected chi connectivity index (χ4v) is 5.17. The molecule has 11 heteroatoms. The summed E-state index contributed by atoms with van der Waals surface area (Å²) in [6.45, 7) is 6.54. The van der Waals surface area contributed by atoms with Gasteiger partial charge in [0.15, 0.2) is 0 Å². The number of anilines is 3. The van der Waals surface area contributed by atoms with E-state index in [-0.39, 0.29) is 5.56 Å². The number of aromatic amines is 1. The molecule has 0 amide bonds. The topological polar surface area (TPSA) is 108 Å². The molecule has 6 rings (SSSR count). The zero-order chi connectivity index (χ0) is 26.9. The number of fused-ring (bicyclic) bond motifs is 1. The van der Waals surface area contributed by atoms with E-state index in [9.17, 15) is 4.79 Å². The van der Waals surface area contributed by atoms with Crippen molar-refractivity contribution in [3.8, 4) is 22.4 Å². The van der Waals surface area contributed by atoms with Crippen LogP contribution in [0.15, 0.2) is 65.7 Å². The Morgan fingerprint density at radius 2 is 1.79 bits per heavy atom. The first-order valence-electron chi connectivity index (χ1n) is 12.9. The molecule has 5 aromatic rings. The Hall–Kier alpha value is -4.28. The molecule has 0 saturated carbocycles. The largest absolute Gasteiger partial charge is 0.369 e. The minimum atomic E-state index is -0.165. The number of rotatable bonds is 6. The predicted octanol–water partition coefficient (Wildman–Crippen LogP) is 4.41. The van der Waals surface area contributed by atoms with Crippen molar-refractivity contribution in [2.45, 2.75) is 13.5 Å². The van der Waals surface area contributed by atoms with Gasteiger partial charge in [0, 0.05) is 77.4 Å². The summed E-state index contributed by atoms with van der Waals surface area (Å²) in [5, 5.41) is 15.0. The average Bonchev–Trinajstić information content (AvgIpc) is 3.49. The van der Waals surface area contributed by atoms with Crippen molar-refractivity contribution >= 4 is 40.0 Å². The van der Waals surface area contributed by atoms with Gasteiger partial charge in [-0.05, 0) is 50.4 Å². The number of hydrogen-bond donors (Lipinski definition) is 2. The summed E-state index contributed by atoms with van der Waals surface area (Å²) in [4.78, 5) is 27.5. The van der Waals surface area contributed by atoms with Crippen molar-refractivity contribution < 1.29 is 0 Å². The second-order valence-corrected chi connectivity index (χ2v) is 10.00. The molecule has 39 heavy (non-hydrogen) atoms. The van der Waals surface area contributed by atoms with Gasteiger partial charge in [-0.15, -0.1) is 0 Å². The number of halogens is 1. The van der Waals surface area contributed by atoms with Crippen molar-refractivity contribution in [2.75, 3.05) is 43.4 Å². The Morgan fingerprint density at radius 3 is 2.49 bits per heavy atom. The molecule has 0 spiro atoms. The minimum absolute atomic E-state index is 0.165. The molecule has 198 valence electrons. The van der Waals surface area contributed by atoms with Gasteiger partial charge in [0.25, 0.3) is 5.56 Å². The maximum atomic E-state index is 13.5. The van der Waals surface area contributed by atoms with Crippen LogP contribution in [0.2, 0.25) is 5.02 Å². The van der Waals surface area contributed by atoms with Gasteiger partial charge in [0.1, 0.15) is 11.3 Å². The fourth-order valence-electron chi connectivity index (χ4n) is 4.89. The zero-order valence-electron chi connectivity index (χ0n) is 21.7. The Balaban J connectivity index is 1.29. The van der Waals surface area contributed by atoms with Gasteiger partial charge in [-0.25, -0.2) is 4.98 Å². The average molecular weight is 542 g/mol. The molecular formula is C28H28ClN9O. The van der Waals surface area contributed by atoms with Gasteiger partial charge in [0.2, 0.25) is 5.95 Å². The lowest BCUT2D eigenvalue weighted by atomic mass is 10.0. The molecule has 10 nitrogen and oxygen atoms in total. The maximum absolute atomic E-state index is 13.5. The number of likely N-dealkylation sites (N-methyl/N-ethyl adjacent to an activating group) is 1. The van der Waals surface area contributed by atoms with Crippen molar-refractivity contribution in [3.05, 3.63) is 76.3 Å². The molecule has 1 aliphatic heterocycles. The summed E-state index contributed by atoms with van der Waals surface area (Å²) in [5.74, 6) is 0.430.